The number of hydrazone groups is 1. The number of thiocarbonyl (C=S) groups is 1. The average Bonchev–Trinajstić information content (AvgIpc) is 2.83. The van der Waals surface area contributed by atoms with Gasteiger partial charge in [0, 0.05) is 25.6 Å². The highest BCUT2D eigenvalue weighted by molar-refractivity contribution is 7.80. The van der Waals surface area contributed by atoms with Crippen LogP contribution in [0.4, 0.5) is 0 Å². The van der Waals surface area contributed by atoms with Gasteiger partial charge in [-0.25, -0.2) is 0 Å². The van der Waals surface area contributed by atoms with Crippen molar-refractivity contribution in [1.29, 1.82) is 0 Å². The Balaban J connectivity index is 1.82. The van der Waals surface area contributed by atoms with Gasteiger partial charge < -0.3 is 5.73 Å². The molecular formula is C8H14N4S. The van der Waals surface area contributed by atoms with E-state index >= 15 is 0 Å². The Labute approximate surface area is 83.2 Å². The fourth-order valence-corrected chi connectivity index (χ4v) is 1.69. The number of nitrogens with zero attached hydrogens (tertiary/aromatic N) is 2. The summed E-state index contributed by atoms with van der Waals surface area (Å²) in [7, 11) is 0. The summed E-state index contributed by atoms with van der Waals surface area (Å²) in [5.74, 6) is 0. The Kier molecular flexibility index (Phi) is 2.46. The zero-order valence-electron chi connectivity index (χ0n) is 7.49. The summed E-state index contributed by atoms with van der Waals surface area (Å²) in [4.78, 5) is 2.47. The van der Waals surface area contributed by atoms with Crippen molar-refractivity contribution < 1.29 is 0 Å². The molecule has 0 aromatic carbocycles. The predicted octanol–water partition coefficient (Wildman–Crippen LogP) is 0.0437. The number of likely N-dealkylation sites (tertiary alicyclic amines) is 1. The highest BCUT2D eigenvalue weighted by atomic mass is 32.1. The van der Waals surface area contributed by atoms with Crippen molar-refractivity contribution in [2.45, 2.75) is 25.3 Å². The molecule has 72 valence electrons. The quantitative estimate of drug-likeness (QED) is 0.486. The second-order valence-corrected chi connectivity index (χ2v) is 4.05. The topological polar surface area (TPSA) is 53.6 Å². The van der Waals surface area contributed by atoms with E-state index in [0.717, 1.165) is 25.6 Å². The van der Waals surface area contributed by atoms with Gasteiger partial charge in [-0.3, -0.25) is 10.3 Å². The maximum Gasteiger partial charge on any atom is 0.184 e. The van der Waals surface area contributed by atoms with Gasteiger partial charge in [-0.15, -0.1) is 0 Å². The molecule has 0 bridgehead atoms. The highest BCUT2D eigenvalue weighted by Gasteiger charge is 2.32. The molecule has 0 atom stereocenters. The van der Waals surface area contributed by atoms with E-state index < -0.39 is 0 Å². The second kappa shape index (κ2) is 3.59. The van der Waals surface area contributed by atoms with Crippen LogP contribution in [-0.4, -0.2) is 34.9 Å². The lowest BCUT2D eigenvalue weighted by molar-refractivity contribution is 0.338. The zero-order chi connectivity index (χ0) is 9.26. The van der Waals surface area contributed by atoms with Crippen LogP contribution in [0.2, 0.25) is 0 Å². The molecule has 1 saturated carbocycles. The van der Waals surface area contributed by atoms with Crippen molar-refractivity contribution in [2.24, 2.45) is 10.8 Å². The minimum absolute atomic E-state index is 0.248. The molecule has 2 rings (SSSR count). The molecule has 0 unspecified atom stereocenters. The molecule has 0 aromatic rings. The summed E-state index contributed by atoms with van der Waals surface area (Å²) in [6.45, 7) is 2.13. The summed E-state index contributed by atoms with van der Waals surface area (Å²) < 4.78 is 0. The van der Waals surface area contributed by atoms with Gasteiger partial charge in [0.2, 0.25) is 0 Å². The normalized spacial score (nSPS) is 26.6. The highest BCUT2D eigenvalue weighted by Crippen LogP contribution is 2.28. The lowest BCUT2D eigenvalue weighted by Crippen LogP contribution is -2.27. The molecule has 1 aliphatic heterocycles. The van der Waals surface area contributed by atoms with Gasteiger partial charge in [0.1, 0.15) is 0 Å². The van der Waals surface area contributed by atoms with Crippen LogP contribution in [0.5, 0.6) is 0 Å². The van der Waals surface area contributed by atoms with Crippen LogP contribution in [0.25, 0.3) is 0 Å². The molecular weight excluding hydrogens is 184 g/mol. The van der Waals surface area contributed by atoms with Crippen LogP contribution in [0.3, 0.4) is 0 Å². The van der Waals surface area contributed by atoms with E-state index in [-0.39, 0.29) is 5.11 Å². The first-order valence-corrected chi connectivity index (χ1v) is 5.01. The molecule has 1 aliphatic carbocycles. The van der Waals surface area contributed by atoms with E-state index in [1.54, 1.807) is 0 Å². The van der Waals surface area contributed by atoms with Crippen molar-refractivity contribution in [3.63, 3.8) is 0 Å². The van der Waals surface area contributed by atoms with Crippen LogP contribution >= 0.6 is 12.2 Å². The Morgan fingerprint density at radius 1 is 1.62 bits per heavy atom. The molecule has 3 N–H and O–H groups in total. The predicted molar refractivity (Wildman–Crippen MR) is 56.6 cm³/mol. The Bertz CT molecular complexity index is 247. The fourth-order valence-electron chi connectivity index (χ4n) is 1.64. The number of hydrogen-bond donors (Lipinski definition) is 2. The summed E-state index contributed by atoms with van der Waals surface area (Å²) in [6.07, 6.45) is 3.76. The van der Waals surface area contributed by atoms with Gasteiger partial charge in [-0.2, -0.15) is 5.10 Å². The van der Waals surface area contributed by atoms with Crippen molar-refractivity contribution in [3.05, 3.63) is 0 Å². The molecule has 0 amide bonds. The number of rotatable bonds is 2. The van der Waals surface area contributed by atoms with E-state index in [1.807, 2.05) is 0 Å². The number of nitrogens with two attached hydrogens (primary N) is 1. The van der Waals surface area contributed by atoms with Crippen LogP contribution in [0, 0.1) is 0 Å². The van der Waals surface area contributed by atoms with Crippen molar-refractivity contribution >= 4 is 23.0 Å². The first kappa shape index (κ1) is 8.90. The van der Waals surface area contributed by atoms with E-state index in [9.17, 15) is 0 Å². The first-order valence-electron chi connectivity index (χ1n) is 4.60. The summed E-state index contributed by atoms with van der Waals surface area (Å²) in [5, 5.41) is 4.39. The van der Waals surface area contributed by atoms with E-state index in [1.165, 1.54) is 18.6 Å². The number of hydrogen-bond acceptors (Lipinski definition) is 3. The maximum atomic E-state index is 5.28. The molecule has 1 heterocycles. The maximum absolute atomic E-state index is 5.28. The molecule has 13 heavy (non-hydrogen) atoms. The molecule has 2 aliphatic rings. The molecule has 5 heteroatoms. The minimum atomic E-state index is 0.248. The third kappa shape index (κ3) is 2.38. The molecule has 0 radical (unpaired) electrons. The smallest absolute Gasteiger partial charge is 0.184 e. The average molecular weight is 198 g/mol. The van der Waals surface area contributed by atoms with Crippen molar-refractivity contribution in [3.8, 4) is 0 Å². The third-order valence-electron chi connectivity index (χ3n) is 2.46. The van der Waals surface area contributed by atoms with Gasteiger partial charge in [-0.05, 0) is 25.1 Å². The minimum Gasteiger partial charge on any atom is -0.375 e. The summed E-state index contributed by atoms with van der Waals surface area (Å²) >= 11 is 4.67. The van der Waals surface area contributed by atoms with Gasteiger partial charge in [0.15, 0.2) is 5.11 Å². The van der Waals surface area contributed by atoms with Crippen LogP contribution in [0.15, 0.2) is 5.10 Å². The lowest BCUT2D eigenvalue weighted by Gasteiger charge is -2.10. The van der Waals surface area contributed by atoms with Gasteiger partial charge in [0.05, 0.1) is 5.71 Å². The molecule has 4 nitrogen and oxygen atoms in total. The zero-order valence-corrected chi connectivity index (χ0v) is 8.31. The van der Waals surface area contributed by atoms with Crippen LogP contribution < -0.4 is 11.2 Å². The van der Waals surface area contributed by atoms with E-state index in [4.69, 9.17) is 5.73 Å². The van der Waals surface area contributed by atoms with E-state index in [2.05, 4.69) is 27.6 Å². The standard InChI is InChI=1S/C8H14N4S/c9-8(13)11-10-6-3-4-12(5-6)7-1-2-7/h7H,1-5H2,(H3,9,11,13). The van der Waals surface area contributed by atoms with Crippen LogP contribution in [-0.2, 0) is 0 Å². The molecule has 0 spiro atoms. The van der Waals surface area contributed by atoms with Gasteiger partial charge >= 0.3 is 0 Å². The number of nitrogens with one attached hydrogen (secondary N) is 1. The summed E-state index contributed by atoms with van der Waals surface area (Å²) in [6, 6.07) is 0.831. The third-order valence-corrected chi connectivity index (χ3v) is 2.55. The van der Waals surface area contributed by atoms with E-state index in [0.29, 0.717) is 0 Å². The van der Waals surface area contributed by atoms with Crippen molar-refractivity contribution in [1.82, 2.24) is 10.3 Å². The summed E-state index contributed by atoms with van der Waals surface area (Å²) in [5.41, 5.74) is 9.08. The largest absolute Gasteiger partial charge is 0.375 e. The Hall–Kier alpha value is -0.680. The van der Waals surface area contributed by atoms with Gasteiger partial charge in [-0.1, -0.05) is 0 Å². The van der Waals surface area contributed by atoms with Gasteiger partial charge in [0.25, 0.3) is 0 Å². The first-order chi connectivity index (χ1) is 6.25. The van der Waals surface area contributed by atoms with Crippen molar-refractivity contribution in [2.75, 3.05) is 13.1 Å². The second-order valence-electron chi connectivity index (χ2n) is 3.61. The molecule has 1 saturated heterocycles. The lowest BCUT2D eigenvalue weighted by atomic mass is 10.3. The molecule has 2 fully saturated rings. The fraction of sp³-hybridized carbons (Fsp3) is 0.750. The monoisotopic (exact) mass is 198 g/mol. The Morgan fingerprint density at radius 2 is 2.38 bits per heavy atom. The molecule has 0 aromatic heterocycles. The SMILES string of the molecule is NC(=S)NN=C1CCN(C2CC2)C1. The Morgan fingerprint density at radius 3 is 3.00 bits per heavy atom. The van der Waals surface area contributed by atoms with Crippen LogP contribution in [0.1, 0.15) is 19.3 Å².